The number of Topliss-reactive ketones (excluding diaryl/α,β-unsaturated/α-hetero) is 1. The predicted molar refractivity (Wildman–Crippen MR) is 75.6 cm³/mol. The summed E-state index contributed by atoms with van der Waals surface area (Å²) in [5.41, 5.74) is 0.664. The Hall–Kier alpha value is -0.570. The molecule has 0 saturated carbocycles. The van der Waals surface area contributed by atoms with Crippen molar-refractivity contribution in [3.05, 3.63) is 33.8 Å². The van der Waals surface area contributed by atoms with E-state index >= 15 is 0 Å². The highest BCUT2D eigenvalue weighted by Gasteiger charge is 2.20. The summed E-state index contributed by atoms with van der Waals surface area (Å²) in [6.45, 7) is 2.14. The number of carbonyl (C=O) groups is 1. The van der Waals surface area contributed by atoms with Gasteiger partial charge in [-0.15, -0.1) is 0 Å². The third-order valence-electron chi connectivity index (χ3n) is 3.44. The number of benzene rings is 1. The molecule has 98 valence electrons. The molecule has 0 radical (unpaired) electrons. The third kappa shape index (κ3) is 3.47. The lowest BCUT2D eigenvalue weighted by Gasteiger charge is -2.29. The van der Waals surface area contributed by atoms with Gasteiger partial charge in [0.25, 0.3) is 0 Å². The Morgan fingerprint density at radius 3 is 2.83 bits per heavy atom. The molecule has 1 saturated heterocycles. The summed E-state index contributed by atoms with van der Waals surface area (Å²) in [6.07, 6.45) is 2.91. The molecule has 0 aliphatic carbocycles. The molecule has 1 aromatic rings. The van der Waals surface area contributed by atoms with Crippen molar-refractivity contribution in [2.24, 2.45) is 5.92 Å². The maximum absolute atomic E-state index is 12.2. The number of ketones is 1. The summed E-state index contributed by atoms with van der Waals surface area (Å²) >= 11 is 11.8. The molecule has 1 unspecified atom stereocenters. The molecule has 0 N–H and O–H groups in total. The molecule has 18 heavy (non-hydrogen) atoms. The second-order valence-corrected chi connectivity index (χ2v) is 5.84. The van der Waals surface area contributed by atoms with Crippen molar-refractivity contribution in [2.45, 2.75) is 19.3 Å². The first-order valence-corrected chi connectivity index (χ1v) is 6.98. The zero-order valence-electron chi connectivity index (χ0n) is 10.5. The molecule has 1 aromatic carbocycles. The smallest absolute Gasteiger partial charge is 0.163 e. The first kappa shape index (κ1) is 13.9. The summed E-state index contributed by atoms with van der Waals surface area (Å²) in [4.78, 5) is 14.5. The van der Waals surface area contributed by atoms with Crippen LogP contribution in [0.15, 0.2) is 18.2 Å². The van der Waals surface area contributed by atoms with E-state index in [0.29, 0.717) is 27.9 Å². The van der Waals surface area contributed by atoms with Crippen LogP contribution in [0.1, 0.15) is 29.6 Å². The lowest BCUT2D eigenvalue weighted by Crippen LogP contribution is -2.33. The minimum Gasteiger partial charge on any atom is -0.306 e. The van der Waals surface area contributed by atoms with Gasteiger partial charge in [-0.2, -0.15) is 0 Å². The van der Waals surface area contributed by atoms with Gasteiger partial charge in [0.05, 0.1) is 10.0 Å². The normalized spacial score (nSPS) is 20.9. The van der Waals surface area contributed by atoms with E-state index in [2.05, 4.69) is 11.9 Å². The van der Waals surface area contributed by atoms with Crippen LogP contribution in [0.2, 0.25) is 10.0 Å². The number of hydrogen-bond donors (Lipinski definition) is 0. The molecule has 1 atom stereocenters. The molecule has 0 aromatic heterocycles. The van der Waals surface area contributed by atoms with Crippen molar-refractivity contribution >= 4 is 29.0 Å². The van der Waals surface area contributed by atoms with Gasteiger partial charge >= 0.3 is 0 Å². The topological polar surface area (TPSA) is 20.3 Å². The fraction of sp³-hybridized carbons (Fsp3) is 0.500. The van der Waals surface area contributed by atoms with Gasteiger partial charge in [-0.3, -0.25) is 4.79 Å². The molecule has 1 aliphatic heterocycles. The first-order valence-electron chi connectivity index (χ1n) is 6.23. The number of likely N-dealkylation sites (tertiary alicyclic amines) is 1. The summed E-state index contributed by atoms with van der Waals surface area (Å²) in [5, 5.41) is 0.939. The summed E-state index contributed by atoms with van der Waals surface area (Å²) < 4.78 is 0. The largest absolute Gasteiger partial charge is 0.306 e. The molecule has 0 bridgehead atoms. The molecule has 2 rings (SSSR count). The van der Waals surface area contributed by atoms with Crippen LogP contribution in [0.5, 0.6) is 0 Å². The van der Waals surface area contributed by atoms with E-state index in [1.807, 2.05) is 0 Å². The second kappa shape index (κ2) is 6.05. The van der Waals surface area contributed by atoms with Crippen LogP contribution in [0.25, 0.3) is 0 Å². The van der Waals surface area contributed by atoms with Crippen LogP contribution in [-0.4, -0.2) is 30.8 Å². The van der Waals surface area contributed by atoms with Crippen molar-refractivity contribution in [1.29, 1.82) is 0 Å². The fourth-order valence-electron chi connectivity index (χ4n) is 2.49. The number of piperidine rings is 1. The van der Waals surface area contributed by atoms with E-state index in [4.69, 9.17) is 23.2 Å². The standard InChI is InChI=1S/C14H17Cl2NO/c1-17-6-2-3-10(9-17)7-14(18)11-4-5-12(15)13(16)8-11/h4-5,8,10H,2-3,6-7,9H2,1H3. The Bertz CT molecular complexity index is 447. The molecule has 1 fully saturated rings. The van der Waals surface area contributed by atoms with E-state index in [1.165, 1.54) is 6.42 Å². The van der Waals surface area contributed by atoms with Crippen molar-refractivity contribution < 1.29 is 4.79 Å². The molecule has 4 heteroatoms. The van der Waals surface area contributed by atoms with Gasteiger partial charge in [0, 0.05) is 18.5 Å². The van der Waals surface area contributed by atoms with Crippen LogP contribution in [-0.2, 0) is 0 Å². The maximum atomic E-state index is 12.2. The first-order chi connectivity index (χ1) is 8.56. The molecule has 2 nitrogen and oxygen atoms in total. The van der Waals surface area contributed by atoms with Crippen LogP contribution >= 0.6 is 23.2 Å². The zero-order chi connectivity index (χ0) is 13.1. The average molecular weight is 286 g/mol. The van der Waals surface area contributed by atoms with Gasteiger partial charge in [-0.1, -0.05) is 23.2 Å². The highest BCUT2D eigenvalue weighted by molar-refractivity contribution is 6.42. The molecular weight excluding hydrogens is 269 g/mol. The molecule has 0 spiro atoms. The van der Waals surface area contributed by atoms with E-state index in [-0.39, 0.29) is 5.78 Å². The van der Waals surface area contributed by atoms with Gasteiger partial charge in [-0.05, 0) is 50.6 Å². The van der Waals surface area contributed by atoms with Crippen LogP contribution in [0.3, 0.4) is 0 Å². The van der Waals surface area contributed by atoms with Gasteiger partial charge in [-0.25, -0.2) is 0 Å². The van der Waals surface area contributed by atoms with Gasteiger partial charge < -0.3 is 4.90 Å². The SMILES string of the molecule is CN1CCCC(CC(=O)c2ccc(Cl)c(Cl)c2)C1. The van der Waals surface area contributed by atoms with Crippen molar-refractivity contribution in [2.75, 3.05) is 20.1 Å². The molecule has 1 aliphatic rings. The van der Waals surface area contributed by atoms with Crippen molar-refractivity contribution in [3.8, 4) is 0 Å². The molecular formula is C14H17Cl2NO. The Kier molecular flexibility index (Phi) is 4.66. The maximum Gasteiger partial charge on any atom is 0.163 e. The minimum atomic E-state index is 0.161. The highest BCUT2D eigenvalue weighted by atomic mass is 35.5. The summed E-state index contributed by atoms with van der Waals surface area (Å²) in [6, 6.07) is 5.10. The average Bonchev–Trinajstić information content (AvgIpc) is 2.32. The Labute approximate surface area is 118 Å². The second-order valence-electron chi connectivity index (χ2n) is 5.03. The lowest BCUT2D eigenvalue weighted by atomic mass is 9.91. The minimum absolute atomic E-state index is 0.161. The number of halogens is 2. The van der Waals surface area contributed by atoms with Gasteiger partial charge in [0.2, 0.25) is 0 Å². The summed E-state index contributed by atoms with van der Waals surface area (Å²) in [5.74, 6) is 0.625. The Morgan fingerprint density at radius 2 is 2.17 bits per heavy atom. The van der Waals surface area contributed by atoms with E-state index < -0.39 is 0 Å². The van der Waals surface area contributed by atoms with Crippen LogP contribution in [0.4, 0.5) is 0 Å². The highest BCUT2D eigenvalue weighted by Crippen LogP contribution is 2.25. The van der Waals surface area contributed by atoms with Crippen molar-refractivity contribution in [1.82, 2.24) is 4.90 Å². The quantitative estimate of drug-likeness (QED) is 0.785. The van der Waals surface area contributed by atoms with Gasteiger partial charge in [0.15, 0.2) is 5.78 Å². The summed E-state index contributed by atoms with van der Waals surface area (Å²) in [7, 11) is 2.11. The van der Waals surface area contributed by atoms with Crippen molar-refractivity contribution in [3.63, 3.8) is 0 Å². The Balaban J connectivity index is 2.00. The predicted octanol–water partition coefficient (Wildman–Crippen LogP) is 3.91. The number of rotatable bonds is 3. The van der Waals surface area contributed by atoms with E-state index in [0.717, 1.165) is 19.5 Å². The number of nitrogens with zero attached hydrogens (tertiary/aromatic N) is 1. The Morgan fingerprint density at radius 1 is 1.39 bits per heavy atom. The van der Waals surface area contributed by atoms with Crippen LogP contribution in [0, 0.1) is 5.92 Å². The monoisotopic (exact) mass is 285 g/mol. The third-order valence-corrected chi connectivity index (χ3v) is 4.18. The zero-order valence-corrected chi connectivity index (χ0v) is 12.0. The molecule has 0 amide bonds. The molecule has 1 heterocycles. The number of hydrogen-bond acceptors (Lipinski definition) is 2. The lowest BCUT2D eigenvalue weighted by molar-refractivity contribution is 0.0930. The van der Waals surface area contributed by atoms with Crippen LogP contribution < -0.4 is 0 Å². The number of carbonyl (C=O) groups excluding carboxylic acids is 1. The fourth-order valence-corrected chi connectivity index (χ4v) is 2.79. The van der Waals surface area contributed by atoms with E-state index in [9.17, 15) is 4.79 Å². The van der Waals surface area contributed by atoms with E-state index in [1.54, 1.807) is 18.2 Å². The van der Waals surface area contributed by atoms with Gasteiger partial charge in [0.1, 0.15) is 0 Å².